The van der Waals surface area contributed by atoms with Crippen LogP contribution in [0.3, 0.4) is 0 Å². The summed E-state index contributed by atoms with van der Waals surface area (Å²) in [6.45, 7) is 0.588. The monoisotopic (exact) mass is 491 g/mol. The number of hydrogen-bond donors (Lipinski definition) is 2. The molecule has 0 bridgehead atoms. The number of aromatic amines is 1. The standard InChI is InChI=1S/C26H20F3N5O2/c27-15-3-1-14(2-4-15)12-33-8-7-26(25(33)36)19-6-5-16(28)9-18(19)24(35)34(26)13-17-10-21-22(31-17)11-20(29)23(30)32-21/h1-6,9-11,31H,7-8,12-13H2,(H2,30,32). The molecule has 1 fully saturated rings. The van der Waals surface area contributed by atoms with Crippen LogP contribution >= 0.6 is 0 Å². The highest BCUT2D eigenvalue weighted by atomic mass is 19.1. The number of fused-ring (bicyclic) bond motifs is 3. The van der Waals surface area contributed by atoms with E-state index < -0.39 is 23.1 Å². The molecule has 0 aliphatic carbocycles. The number of hydrogen-bond acceptors (Lipinski definition) is 4. The van der Waals surface area contributed by atoms with E-state index in [9.17, 15) is 22.8 Å². The number of nitrogen functional groups attached to an aromatic ring is 1. The van der Waals surface area contributed by atoms with Crippen molar-refractivity contribution in [1.29, 1.82) is 0 Å². The minimum Gasteiger partial charge on any atom is -0.381 e. The third-order valence-electron chi connectivity index (χ3n) is 7.00. The van der Waals surface area contributed by atoms with Gasteiger partial charge in [-0.25, -0.2) is 18.2 Å². The van der Waals surface area contributed by atoms with E-state index in [-0.39, 0.29) is 36.2 Å². The SMILES string of the molecule is Nc1nc2cc(CN3C(=O)c4cc(F)ccc4C34CCN(Cc3ccc(F)cc3)C4=O)[nH]c2cc1F. The van der Waals surface area contributed by atoms with Gasteiger partial charge in [0.25, 0.3) is 11.8 Å². The van der Waals surface area contributed by atoms with Gasteiger partial charge in [0.2, 0.25) is 0 Å². The van der Waals surface area contributed by atoms with Gasteiger partial charge >= 0.3 is 0 Å². The van der Waals surface area contributed by atoms with E-state index in [1.165, 1.54) is 35.2 Å². The largest absolute Gasteiger partial charge is 0.381 e. The number of aromatic nitrogens is 2. The second-order valence-corrected chi connectivity index (χ2v) is 9.13. The molecule has 182 valence electrons. The van der Waals surface area contributed by atoms with Gasteiger partial charge in [0.1, 0.15) is 17.2 Å². The van der Waals surface area contributed by atoms with Crippen molar-refractivity contribution < 1.29 is 22.8 Å². The maximum Gasteiger partial charge on any atom is 0.255 e. The molecule has 10 heteroatoms. The summed E-state index contributed by atoms with van der Waals surface area (Å²) in [7, 11) is 0. The number of benzene rings is 2. The molecule has 2 aromatic heterocycles. The molecule has 7 nitrogen and oxygen atoms in total. The zero-order valence-electron chi connectivity index (χ0n) is 18.9. The van der Waals surface area contributed by atoms with Crippen molar-refractivity contribution in [2.24, 2.45) is 0 Å². The van der Waals surface area contributed by atoms with Gasteiger partial charge in [-0.1, -0.05) is 18.2 Å². The molecule has 3 N–H and O–H groups in total. The van der Waals surface area contributed by atoms with Crippen molar-refractivity contribution in [2.75, 3.05) is 12.3 Å². The molecule has 4 aromatic rings. The fourth-order valence-electron chi connectivity index (χ4n) is 5.31. The average molecular weight is 491 g/mol. The number of H-pyrrole nitrogens is 1. The molecule has 36 heavy (non-hydrogen) atoms. The lowest BCUT2D eigenvalue weighted by molar-refractivity contribution is -0.137. The second-order valence-electron chi connectivity index (χ2n) is 9.13. The van der Waals surface area contributed by atoms with Crippen molar-refractivity contribution in [2.45, 2.75) is 25.0 Å². The van der Waals surface area contributed by atoms with Crippen LogP contribution in [-0.4, -0.2) is 38.1 Å². The third-order valence-corrected chi connectivity index (χ3v) is 7.00. The minimum absolute atomic E-state index is 0.0108. The first kappa shape index (κ1) is 22.1. The Morgan fingerprint density at radius 2 is 1.72 bits per heavy atom. The number of halogens is 3. The summed E-state index contributed by atoms with van der Waals surface area (Å²) in [5, 5.41) is 0. The van der Waals surface area contributed by atoms with E-state index >= 15 is 0 Å². The number of nitrogens with two attached hydrogens (primary N) is 1. The lowest BCUT2D eigenvalue weighted by Crippen LogP contribution is -2.49. The highest BCUT2D eigenvalue weighted by Gasteiger charge is 2.59. The maximum absolute atomic E-state index is 14.1. The first-order valence-electron chi connectivity index (χ1n) is 11.4. The van der Waals surface area contributed by atoms with Crippen LogP contribution in [-0.2, 0) is 23.4 Å². The van der Waals surface area contributed by atoms with Crippen molar-refractivity contribution in [3.8, 4) is 0 Å². The van der Waals surface area contributed by atoms with Gasteiger partial charge in [-0.15, -0.1) is 0 Å². The summed E-state index contributed by atoms with van der Waals surface area (Å²) in [5.41, 5.74) is 6.93. The Balaban J connectivity index is 1.39. The molecule has 2 aromatic carbocycles. The minimum atomic E-state index is -1.32. The molecule has 2 amide bonds. The van der Waals surface area contributed by atoms with Crippen molar-refractivity contribution in [3.05, 3.63) is 94.4 Å². The Hall–Kier alpha value is -4.34. The predicted molar refractivity (Wildman–Crippen MR) is 125 cm³/mol. The molecule has 2 aliphatic rings. The van der Waals surface area contributed by atoms with E-state index in [0.29, 0.717) is 35.3 Å². The van der Waals surface area contributed by atoms with Gasteiger partial charge in [0, 0.05) is 42.4 Å². The second kappa shape index (κ2) is 7.84. The van der Waals surface area contributed by atoms with Gasteiger partial charge in [-0.05, 0) is 35.9 Å². The number of pyridine rings is 1. The normalized spacial score (nSPS) is 19.2. The van der Waals surface area contributed by atoms with E-state index in [2.05, 4.69) is 9.97 Å². The van der Waals surface area contributed by atoms with Crippen LogP contribution < -0.4 is 5.73 Å². The molecule has 0 radical (unpaired) electrons. The van der Waals surface area contributed by atoms with Crippen LogP contribution in [0.2, 0.25) is 0 Å². The fraction of sp³-hybridized carbons (Fsp3) is 0.192. The summed E-state index contributed by atoms with van der Waals surface area (Å²) in [4.78, 5) is 37.6. The van der Waals surface area contributed by atoms with Gasteiger partial charge in [-0.3, -0.25) is 9.59 Å². The first-order chi connectivity index (χ1) is 17.3. The van der Waals surface area contributed by atoms with Gasteiger partial charge in [0.05, 0.1) is 17.6 Å². The quantitative estimate of drug-likeness (QED) is 0.454. The van der Waals surface area contributed by atoms with Crippen LogP contribution in [0.1, 0.15) is 33.6 Å². The maximum atomic E-state index is 14.1. The van der Waals surface area contributed by atoms with Crippen LogP contribution in [0.5, 0.6) is 0 Å². The smallest absolute Gasteiger partial charge is 0.255 e. The van der Waals surface area contributed by atoms with E-state index in [1.807, 2.05) is 0 Å². The molecule has 2 aliphatic heterocycles. The number of nitrogens with zero attached hydrogens (tertiary/aromatic N) is 3. The lowest BCUT2D eigenvalue weighted by Gasteiger charge is -2.34. The van der Waals surface area contributed by atoms with Crippen LogP contribution in [0.15, 0.2) is 54.6 Å². The van der Waals surface area contributed by atoms with Gasteiger partial charge in [-0.2, -0.15) is 0 Å². The Morgan fingerprint density at radius 1 is 0.972 bits per heavy atom. The number of amides is 2. The van der Waals surface area contributed by atoms with Gasteiger partial charge < -0.3 is 20.5 Å². The fourth-order valence-corrected chi connectivity index (χ4v) is 5.31. The number of carbonyl (C=O) groups is 2. The number of likely N-dealkylation sites (tertiary alicyclic amines) is 1. The molecule has 1 spiro atoms. The van der Waals surface area contributed by atoms with E-state index in [1.54, 1.807) is 23.1 Å². The molecule has 1 unspecified atom stereocenters. The molecule has 1 atom stereocenters. The summed E-state index contributed by atoms with van der Waals surface area (Å²) >= 11 is 0. The highest BCUT2D eigenvalue weighted by Crippen LogP contribution is 2.47. The molecular weight excluding hydrogens is 471 g/mol. The van der Waals surface area contributed by atoms with Gasteiger partial charge in [0.15, 0.2) is 11.6 Å². The van der Waals surface area contributed by atoms with Crippen molar-refractivity contribution >= 4 is 28.7 Å². The number of carbonyl (C=O) groups excluding carboxylic acids is 2. The summed E-state index contributed by atoms with van der Waals surface area (Å²) in [6, 6.07) is 12.6. The zero-order valence-corrected chi connectivity index (χ0v) is 18.9. The molecular formula is C26H20F3N5O2. The Morgan fingerprint density at radius 3 is 2.50 bits per heavy atom. The lowest BCUT2D eigenvalue weighted by atomic mass is 9.87. The van der Waals surface area contributed by atoms with Crippen molar-refractivity contribution in [3.63, 3.8) is 0 Å². The van der Waals surface area contributed by atoms with Crippen LogP contribution in [0, 0.1) is 17.5 Å². The number of rotatable bonds is 4. The molecule has 4 heterocycles. The number of anilines is 1. The first-order valence-corrected chi connectivity index (χ1v) is 11.4. The summed E-state index contributed by atoms with van der Waals surface area (Å²) in [5.74, 6) is -2.63. The Kier molecular flexibility index (Phi) is 4.82. The predicted octanol–water partition coefficient (Wildman–Crippen LogP) is 3.85. The third kappa shape index (κ3) is 3.24. The molecule has 6 rings (SSSR count). The van der Waals surface area contributed by atoms with Crippen LogP contribution in [0.4, 0.5) is 19.0 Å². The Bertz CT molecular complexity index is 1510. The average Bonchev–Trinajstić information content (AvgIpc) is 3.46. The Labute approximate surface area is 203 Å². The highest BCUT2D eigenvalue weighted by molar-refractivity contribution is 6.07. The van der Waals surface area contributed by atoms with E-state index in [4.69, 9.17) is 5.73 Å². The molecule has 0 saturated carbocycles. The topological polar surface area (TPSA) is 95.3 Å². The van der Waals surface area contributed by atoms with E-state index in [0.717, 1.165) is 11.6 Å². The summed E-state index contributed by atoms with van der Waals surface area (Å²) in [6.07, 6.45) is 0.303. The number of nitrogens with one attached hydrogen (secondary N) is 1. The summed E-state index contributed by atoms with van der Waals surface area (Å²) < 4.78 is 41.4. The van der Waals surface area contributed by atoms with Crippen molar-refractivity contribution in [1.82, 2.24) is 19.8 Å². The zero-order chi connectivity index (χ0) is 25.2. The molecule has 1 saturated heterocycles. The van der Waals surface area contributed by atoms with Crippen LogP contribution in [0.25, 0.3) is 11.0 Å².